The van der Waals surface area contributed by atoms with Crippen LogP contribution >= 0.6 is 0 Å². The molecule has 2 nitrogen and oxygen atoms in total. The zero-order valence-corrected chi connectivity index (χ0v) is 12.1. The van der Waals surface area contributed by atoms with Crippen LogP contribution in [0.5, 0.6) is 0 Å². The fraction of sp³-hybridized carbons (Fsp3) is 0.222. The number of benzene rings is 2. The van der Waals surface area contributed by atoms with Crippen molar-refractivity contribution in [3.8, 4) is 11.1 Å². The Kier molecular flexibility index (Phi) is 3.01. The minimum absolute atomic E-state index is 0.130. The van der Waals surface area contributed by atoms with Crippen LogP contribution in [0.1, 0.15) is 26.3 Å². The number of aromatic nitrogens is 2. The van der Waals surface area contributed by atoms with Crippen LogP contribution in [-0.2, 0) is 5.41 Å². The lowest BCUT2D eigenvalue weighted by Crippen LogP contribution is -2.10. The molecule has 0 radical (unpaired) electrons. The van der Waals surface area contributed by atoms with Crippen LogP contribution in [0.25, 0.3) is 22.0 Å². The highest BCUT2D eigenvalue weighted by atomic mass is 15.1. The topological polar surface area (TPSA) is 25.8 Å². The van der Waals surface area contributed by atoms with E-state index in [2.05, 4.69) is 73.4 Å². The minimum Gasteiger partial charge on any atom is -0.158 e. The van der Waals surface area contributed by atoms with Gasteiger partial charge in [0.1, 0.15) is 0 Å². The van der Waals surface area contributed by atoms with E-state index in [-0.39, 0.29) is 5.41 Å². The molecule has 0 saturated carbocycles. The summed E-state index contributed by atoms with van der Waals surface area (Å²) >= 11 is 0. The maximum Gasteiger partial charge on any atom is 0.0936 e. The van der Waals surface area contributed by atoms with Gasteiger partial charge in [0.15, 0.2) is 0 Å². The Hall–Kier alpha value is -2.22. The molecule has 0 amide bonds. The first-order valence-corrected chi connectivity index (χ1v) is 6.87. The average Bonchev–Trinajstić information content (AvgIpc) is 2.46. The van der Waals surface area contributed by atoms with E-state index in [1.165, 1.54) is 16.5 Å². The Morgan fingerprint density at radius 2 is 1.65 bits per heavy atom. The molecule has 3 rings (SSSR count). The van der Waals surface area contributed by atoms with Crippen LogP contribution in [0.3, 0.4) is 0 Å². The van der Waals surface area contributed by atoms with E-state index in [0.29, 0.717) is 0 Å². The predicted octanol–water partition coefficient (Wildman–Crippen LogP) is 4.59. The maximum absolute atomic E-state index is 4.24. The van der Waals surface area contributed by atoms with E-state index >= 15 is 0 Å². The van der Waals surface area contributed by atoms with Gasteiger partial charge in [0.05, 0.1) is 11.7 Å². The van der Waals surface area contributed by atoms with Gasteiger partial charge < -0.3 is 0 Å². The molecule has 100 valence electrons. The molecule has 2 heteroatoms. The van der Waals surface area contributed by atoms with Crippen molar-refractivity contribution in [1.82, 2.24) is 10.2 Å². The molecule has 0 aliphatic carbocycles. The van der Waals surface area contributed by atoms with E-state index in [0.717, 1.165) is 11.1 Å². The number of rotatable bonds is 1. The lowest BCUT2D eigenvalue weighted by atomic mass is 9.85. The summed E-state index contributed by atoms with van der Waals surface area (Å²) in [6.07, 6.45) is 1.85. The normalized spacial score (nSPS) is 11.8. The van der Waals surface area contributed by atoms with E-state index in [1.807, 2.05) is 12.3 Å². The van der Waals surface area contributed by atoms with Gasteiger partial charge in [-0.05, 0) is 28.7 Å². The lowest BCUT2D eigenvalue weighted by Gasteiger charge is -2.19. The summed E-state index contributed by atoms with van der Waals surface area (Å²) in [6, 6.07) is 16.8. The van der Waals surface area contributed by atoms with Gasteiger partial charge in [0.25, 0.3) is 0 Å². The van der Waals surface area contributed by atoms with E-state index in [9.17, 15) is 0 Å². The Bertz CT molecular complexity index is 740. The molecule has 0 bridgehead atoms. The van der Waals surface area contributed by atoms with Gasteiger partial charge in [-0.25, -0.2) is 0 Å². The average molecular weight is 262 g/mol. The molecule has 0 N–H and O–H groups in total. The molecule has 0 spiro atoms. The molecule has 0 unspecified atom stereocenters. The van der Waals surface area contributed by atoms with Gasteiger partial charge in [0.2, 0.25) is 0 Å². The zero-order chi connectivity index (χ0) is 14.2. The number of hydrogen-bond acceptors (Lipinski definition) is 2. The smallest absolute Gasteiger partial charge is 0.0936 e. The monoisotopic (exact) mass is 262 g/mol. The SMILES string of the molecule is CC(C)(C)c1ccc2nncc(-c3ccccc3)c2c1. The highest BCUT2D eigenvalue weighted by Crippen LogP contribution is 2.30. The molecule has 0 atom stereocenters. The first kappa shape index (κ1) is 12.8. The van der Waals surface area contributed by atoms with Gasteiger partial charge in [-0.1, -0.05) is 57.2 Å². The van der Waals surface area contributed by atoms with Crippen molar-refractivity contribution in [3.05, 3.63) is 60.3 Å². The molecule has 0 aliphatic heterocycles. The van der Waals surface area contributed by atoms with Crippen LogP contribution in [0.15, 0.2) is 54.7 Å². The van der Waals surface area contributed by atoms with Crippen molar-refractivity contribution >= 4 is 10.9 Å². The Balaban J connectivity index is 2.28. The molecular formula is C18H18N2. The summed E-state index contributed by atoms with van der Waals surface area (Å²) in [7, 11) is 0. The van der Waals surface area contributed by atoms with Crippen LogP contribution in [0, 0.1) is 0 Å². The minimum atomic E-state index is 0.130. The quantitative estimate of drug-likeness (QED) is 0.640. The molecule has 2 aromatic carbocycles. The van der Waals surface area contributed by atoms with Crippen molar-refractivity contribution < 1.29 is 0 Å². The predicted molar refractivity (Wildman–Crippen MR) is 83.7 cm³/mol. The molecule has 3 aromatic rings. The maximum atomic E-state index is 4.24. The van der Waals surface area contributed by atoms with Crippen LogP contribution < -0.4 is 0 Å². The fourth-order valence-electron chi connectivity index (χ4n) is 2.37. The second-order valence-corrected chi connectivity index (χ2v) is 6.11. The zero-order valence-electron chi connectivity index (χ0n) is 12.1. The summed E-state index contributed by atoms with van der Waals surface area (Å²) in [5, 5.41) is 9.54. The third-order valence-corrected chi connectivity index (χ3v) is 3.59. The summed E-state index contributed by atoms with van der Waals surface area (Å²) in [6.45, 7) is 6.68. The van der Waals surface area contributed by atoms with Gasteiger partial charge >= 0.3 is 0 Å². The molecule has 0 fully saturated rings. The molecule has 0 aliphatic rings. The van der Waals surface area contributed by atoms with Crippen molar-refractivity contribution in [2.45, 2.75) is 26.2 Å². The highest BCUT2D eigenvalue weighted by Gasteiger charge is 2.15. The summed E-state index contributed by atoms with van der Waals surface area (Å²) in [5.74, 6) is 0. The number of nitrogens with zero attached hydrogens (tertiary/aromatic N) is 2. The Labute approximate surface area is 119 Å². The van der Waals surface area contributed by atoms with E-state index < -0.39 is 0 Å². The van der Waals surface area contributed by atoms with E-state index in [4.69, 9.17) is 0 Å². The molecule has 20 heavy (non-hydrogen) atoms. The van der Waals surface area contributed by atoms with Gasteiger partial charge in [0, 0.05) is 10.9 Å². The summed E-state index contributed by atoms with van der Waals surface area (Å²) < 4.78 is 0. The summed E-state index contributed by atoms with van der Waals surface area (Å²) in [5.41, 5.74) is 4.71. The second kappa shape index (κ2) is 4.71. The molecule has 1 heterocycles. The largest absolute Gasteiger partial charge is 0.158 e. The van der Waals surface area contributed by atoms with Crippen molar-refractivity contribution in [2.75, 3.05) is 0 Å². The Morgan fingerprint density at radius 1 is 0.900 bits per heavy atom. The van der Waals surface area contributed by atoms with Crippen molar-refractivity contribution in [1.29, 1.82) is 0 Å². The van der Waals surface area contributed by atoms with E-state index in [1.54, 1.807) is 0 Å². The lowest BCUT2D eigenvalue weighted by molar-refractivity contribution is 0.591. The standard InChI is InChI=1S/C18H18N2/c1-18(2,3)14-9-10-17-15(11-14)16(12-19-20-17)13-7-5-4-6-8-13/h4-12H,1-3H3. The van der Waals surface area contributed by atoms with Crippen LogP contribution in [0.4, 0.5) is 0 Å². The van der Waals surface area contributed by atoms with Gasteiger partial charge in [-0.2, -0.15) is 10.2 Å². The van der Waals surface area contributed by atoms with Crippen LogP contribution in [0.2, 0.25) is 0 Å². The fourth-order valence-corrected chi connectivity index (χ4v) is 2.37. The molecule has 1 aromatic heterocycles. The third kappa shape index (κ3) is 2.29. The second-order valence-electron chi connectivity index (χ2n) is 6.11. The van der Waals surface area contributed by atoms with Crippen LogP contribution in [-0.4, -0.2) is 10.2 Å². The van der Waals surface area contributed by atoms with Crippen molar-refractivity contribution in [3.63, 3.8) is 0 Å². The van der Waals surface area contributed by atoms with Crippen molar-refractivity contribution in [2.24, 2.45) is 0 Å². The van der Waals surface area contributed by atoms with Gasteiger partial charge in [-0.15, -0.1) is 0 Å². The highest BCUT2D eigenvalue weighted by molar-refractivity contribution is 5.94. The van der Waals surface area contributed by atoms with Gasteiger partial charge in [-0.3, -0.25) is 0 Å². The summed E-state index contributed by atoms with van der Waals surface area (Å²) in [4.78, 5) is 0. The first-order valence-electron chi connectivity index (χ1n) is 6.87. The molecular weight excluding hydrogens is 244 g/mol. The number of fused-ring (bicyclic) bond motifs is 1. The first-order chi connectivity index (χ1) is 9.55. The Morgan fingerprint density at radius 3 is 2.35 bits per heavy atom. The molecule has 0 saturated heterocycles. The third-order valence-electron chi connectivity index (χ3n) is 3.59. The number of hydrogen-bond donors (Lipinski definition) is 0.